The average molecular weight is 318 g/mol. The zero-order chi connectivity index (χ0) is 16.6. The first kappa shape index (κ1) is 15.1. The van der Waals surface area contributed by atoms with Crippen molar-refractivity contribution >= 4 is 11.6 Å². The number of aromatic nitrogens is 1. The Morgan fingerprint density at radius 1 is 1.21 bits per heavy atom. The fraction of sp³-hybridized carbons (Fsp3) is 0.333. The van der Waals surface area contributed by atoms with Crippen molar-refractivity contribution in [2.75, 3.05) is 11.4 Å². The molecule has 0 saturated heterocycles. The Labute approximate surface area is 143 Å². The quantitative estimate of drug-likeness (QED) is 0.729. The second-order valence-electron chi connectivity index (χ2n) is 6.89. The van der Waals surface area contributed by atoms with Crippen molar-refractivity contribution < 1.29 is 4.79 Å². The van der Waals surface area contributed by atoms with Gasteiger partial charge in [0.25, 0.3) is 5.91 Å². The van der Waals surface area contributed by atoms with Crippen molar-refractivity contribution in [2.24, 2.45) is 0 Å². The first-order chi connectivity index (χ1) is 11.7. The number of fused-ring (bicyclic) bond motifs is 2. The Morgan fingerprint density at radius 3 is 2.88 bits per heavy atom. The summed E-state index contributed by atoms with van der Waals surface area (Å²) in [6, 6.07) is 12.0. The molecule has 2 aromatic rings. The molecule has 0 N–H and O–H groups in total. The van der Waals surface area contributed by atoms with E-state index in [1.54, 1.807) is 12.3 Å². The van der Waals surface area contributed by atoms with E-state index >= 15 is 0 Å². The van der Waals surface area contributed by atoms with E-state index in [4.69, 9.17) is 0 Å². The van der Waals surface area contributed by atoms with Gasteiger partial charge in [0.2, 0.25) is 0 Å². The average Bonchev–Trinajstić information content (AvgIpc) is 2.64. The molecule has 0 saturated carbocycles. The van der Waals surface area contributed by atoms with Crippen LogP contribution in [0.3, 0.4) is 0 Å². The molecular formula is C21H22N2O. The van der Waals surface area contributed by atoms with Gasteiger partial charge in [-0.1, -0.05) is 35.9 Å². The smallest absolute Gasteiger partial charge is 0.276 e. The Bertz CT molecular complexity index is 797. The first-order valence-corrected chi connectivity index (χ1v) is 8.71. The van der Waals surface area contributed by atoms with Gasteiger partial charge in [-0.25, -0.2) is 0 Å². The van der Waals surface area contributed by atoms with Crippen molar-refractivity contribution in [3.8, 4) is 0 Å². The molecule has 1 aromatic carbocycles. The van der Waals surface area contributed by atoms with Crippen LogP contribution in [0.25, 0.3) is 0 Å². The van der Waals surface area contributed by atoms with E-state index in [1.165, 1.54) is 30.4 Å². The summed E-state index contributed by atoms with van der Waals surface area (Å²) in [5, 5.41) is 0. The maximum absolute atomic E-state index is 13.0. The summed E-state index contributed by atoms with van der Waals surface area (Å²) in [5.41, 5.74) is 4.21. The third-order valence-corrected chi connectivity index (χ3v) is 5.32. The Hall–Kier alpha value is -2.42. The number of nitrogens with zero attached hydrogens (tertiary/aromatic N) is 2. The lowest BCUT2D eigenvalue weighted by Crippen LogP contribution is -2.43. The van der Waals surface area contributed by atoms with Gasteiger partial charge in [0.05, 0.1) is 0 Å². The van der Waals surface area contributed by atoms with Gasteiger partial charge in [-0.3, -0.25) is 9.78 Å². The number of carbonyl (C=O) groups is 1. The molecule has 1 amide bonds. The van der Waals surface area contributed by atoms with Gasteiger partial charge in [0.15, 0.2) is 0 Å². The molecule has 122 valence electrons. The third kappa shape index (κ3) is 2.44. The Kier molecular flexibility index (Phi) is 3.72. The van der Waals surface area contributed by atoms with E-state index in [0.717, 1.165) is 18.7 Å². The van der Waals surface area contributed by atoms with Gasteiger partial charge in [-0.05, 0) is 56.4 Å². The van der Waals surface area contributed by atoms with Gasteiger partial charge < -0.3 is 4.90 Å². The summed E-state index contributed by atoms with van der Waals surface area (Å²) < 4.78 is 0. The van der Waals surface area contributed by atoms with Crippen molar-refractivity contribution in [1.82, 2.24) is 4.98 Å². The van der Waals surface area contributed by atoms with E-state index in [1.807, 2.05) is 17.0 Å². The van der Waals surface area contributed by atoms with Crippen molar-refractivity contribution in [2.45, 2.75) is 38.0 Å². The predicted molar refractivity (Wildman–Crippen MR) is 96.4 cm³/mol. The minimum absolute atomic E-state index is 0.00431. The van der Waals surface area contributed by atoms with Crippen molar-refractivity contribution in [3.05, 3.63) is 71.6 Å². The summed E-state index contributed by atoms with van der Waals surface area (Å²) in [6.45, 7) is 2.87. The number of allylic oxidation sites excluding steroid dienone is 2. The molecule has 0 fully saturated rings. The zero-order valence-electron chi connectivity index (χ0n) is 14.0. The molecule has 2 heterocycles. The highest BCUT2D eigenvalue weighted by Gasteiger charge is 2.39. The number of benzene rings is 1. The highest BCUT2D eigenvalue weighted by molar-refractivity contribution is 6.05. The number of rotatable bonds is 1. The fourth-order valence-corrected chi connectivity index (χ4v) is 4.05. The van der Waals surface area contributed by atoms with Crippen LogP contribution in [-0.4, -0.2) is 17.4 Å². The first-order valence-electron chi connectivity index (χ1n) is 8.71. The van der Waals surface area contributed by atoms with Crippen LogP contribution in [0.2, 0.25) is 0 Å². The second-order valence-corrected chi connectivity index (χ2v) is 6.89. The van der Waals surface area contributed by atoms with E-state index in [-0.39, 0.29) is 11.3 Å². The molecule has 1 spiro atoms. The molecule has 1 aliphatic carbocycles. The van der Waals surface area contributed by atoms with E-state index in [2.05, 4.69) is 42.3 Å². The predicted octanol–water partition coefficient (Wildman–Crippen LogP) is 4.42. The lowest BCUT2D eigenvalue weighted by molar-refractivity contribution is 0.0977. The van der Waals surface area contributed by atoms with Crippen LogP contribution in [0.15, 0.2) is 54.7 Å². The van der Waals surface area contributed by atoms with Crippen LogP contribution in [0, 0.1) is 6.92 Å². The Morgan fingerprint density at radius 2 is 2.12 bits per heavy atom. The highest BCUT2D eigenvalue weighted by Crippen LogP contribution is 2.46. The molecule has 1 atom stereocenters. The summed E-state index contributed by atoms with van der Waals surface area (Å²) >= 11 is 0. The summed E-state index contributed by atoms with van der Waals surface area (Å²) in [5.74, 6) is -0.00431. The molecule has 1 aromatic heterocycles. The molecule has 3 nitrogen and oxygen atoms in total. The monoisotopic (exact) mass is 318 g/mol. The normalized spacial score (nSPS) is 22.5. The highest BCUT2D eigenvalue weighted by atomic mass is 16.2. The molecule has 0 radical (unpaired) electrons. The standard InChI is InChI=1S/C21H22N2O/c1-16-8-9-19-17(15-16)21(10-4-2-5-11-21)12-14-23(19)20(24)18-7-3-6-13-22-18/h3-4,6-10,13,15H,2,5,11-12,14H2,1H3. The van der Waals surface area contributed by atoms with E-state index in [0.29, 0.717) is 5.69 Å². The van der Waals surface area contributed by atoms with Crippen LogP contribution in [0.1, 0.15) is 47.3 Å². The van der Waals surface area contributed by atoms with Gasteiger partial charge in [-0.2, -0.15) is 0 Å². The summed E-state index contributed by atoms with van der Waals surface area (Å²) in [4.78, 5) is 19.1. The lowest BCUT2D eigenvalue weighted by atomic mass is 9.68. The van der Waals surface area contributed by atoms with Gasteiger partial charge in [0.1, 0.15) is 5.69 Å². The van der Waals surface area contributed by atoms with Crippen LogP contribution in [0.4, 0.5) is 5.69 Å². The van der Waals surface area contributed by atoms with Crippen LogP contribution >= 0.6 is 0 Å². The number of carbonyl (C=O) groups excluding carboxylic acids is 1. The molecular weight excluding hydrogens is 296 g/mol. The van der Waals surface area contributed by atoms with Crippen LogP contribution in [0.5, 0.6) is 0 Å². The topological polar surface area (TPSA) is 33.2 Å². The fourth-order valence-electron chi connectivity index (χ4n) is 4.05. The van der Waals surface area contributed by atoms with Crippen LogP contribution in [-0.2, 0) is 5.41 Å². The minimum Gasteiger partial charge on any atom is -0.307 e. The number of pyridine rings is 1. The number of hydrogen-bond acceptors (Lipinski definition) is 2. The lowest BCUT2D eigenvalue weighted by Gasteiger charge is -2.43. The SMILES string of the molecule is Cc1ccc2c(c1)C1(C=CCCC1)CCN2C(=O)c1ccccn1. The van der Waals surface area contributed by atoms with Crippen molar-refractivity contribution in [3.63, 3.8) is 0 Å². The van der Waals surface area contributed by atoms with Gasteiger partial charge in [0, 0.05) is 23.8 Å². The number of aryl methyl sites for hydroxylation is 1. The molecule has 1 unspecified atom stereocenters. The molecule has 0 bridgehead atoms. The van der Waals surface area contributed by atoms with Crippen LogP contribution < -0.4 is 4.90 Å². The number of amides is 1. The minimum atomic E-state index is -0.00431. The van der Waals surface area contributed by atoms with Crippen molar-refractivity contribution in [1.29, 1.82) is 0 Å². The maximum atomic E-state index is 13.0. The van der Waals surface area contributed by atoms with Gasteiger partial charge in [-0.15, -0.1) is 0 Å². The van der Waals surface area contributed by atoms with E-state index in [9.17, 15) is 4.79 Å². The Balaban J connectivity index is 1.79. The number of hydrogen-bond donors (Lipinski definition) is 0. The largest absolute Gasteiger partial charge is 0.307 e. The molecule has 24 heavy (non-hydrogen) atoms. The summed E-state index contributed by atoms with van der Waals surface area (Å²) in [7, 11) is 0. The second kappa shape index (κ2) is 5.90. The molecule has 3 heteroatoms. The van der Waals surface area contributed by atoms with E-state index < -0.39 is 0 Å². The molecule has 2 aliphatic rings. The third-order valence-electron chi connectivity index (χ3n) is 5.32. The van der Waals surface area contributed by atoms with Gasteiger partial charge >= 0.3 is 0 Å². The maximum Gasteiger partial charge on any atom is 0.276 e. The summed E-state index contributed by atoms with van der Waals surface area (Å²) in [6.07, 6.45) is 10.9. The molecule has 1 aliphatic heterocycles. The zero-order valence-corrected chi connectivity index (χ0v) is 14.0. The molecule has 4 rings (SSSR count). The number of anilines is 1.